The molecule has 0 aliphatic carbocycles. The van der Waals surface area contributed by atoms with Crippen LogP contribution >= 0.6 is 34.8 Å². The largest absolute Gasteiger partial charge is 0.417 e. The summed E-state index contributed by atoms with van der Waals surface area (Å²) in [7, 11) is 1.58. The zero-order valence-electron chi connectivity index (χ0n) is 11.6. The van der Waals surface area contributed by atoms with E-state index in [4.69, 9.17) is 34.8 Å². The van der Waals surface area contributed by atoms with E-state index in [1.807, 2.05) is 0 Å². The molecule has 0 bridgehead atoms. The van der Waals surface area contributed by atoms with Gasteiger partial charge in [0.05, 0.1) is 10.6 Å². The van der Waals surface area contributed by atoms with Gasteiger partial charge in [0.15, 0.2) is 5.82 Å². The number of halogens is 6. The van der Waals surface area contributed by atoms with Crippen LogP contribution < -0.4 is 10.4 Å². The fourth-order valence-corrected chi connectivity index (χ4v) is 2.53. The quantitative estimate of drug-likeness (QED) is 0.617. The lowest BCUT2D eigenvalue weighted by Gasteiger charge is -2.21. The van der Waals surface area contributed by atoms with Gasteiger partial charge in [0.1, 0.15) is 10.3 Å². The van der Waals surface area contributed by atoms with E-state index in [9.17, 15) is 13.2 Å². The topological polar surface area (TPSA) is 41.0 Å². The van der Waals surface area contributed by atoms with Crippen LogP contribution in [-0.2, 0) is 12.7 Å². The normalized spacial score (nSPS) is 11.6. The fraction of sp³-hybridized carbons (Fsp3) is 0.231. The zero-order valence-corrected chi connectivity index (χ0v) is 13.9. The van der Waals surface area contributed by atoms with Crippen molar-refractivity contribution in [1.29, 1.82) is 0 Å². The summed E-state index contributed by atoms with van der Waals surface area (Å²) in [4.78, 5) is 7.55. The SMILES string of the molecule is CN(NCc1cc(Cl)nc(Cl)c1)c1ncc(C(F)(F)F)cc1Cl. The number of hydrogen-bond acceptors (Lipinski definition) is 4. The number of hydrazine groups is 1. The van der Waals surface area contributed by atoms with Crippen molar-refractivity contribution in [3.05, 3.63) is 50.9 Å². The summed E-state index contributed by atoms with van der Waals surface area (Å²) in [6.07, 6.45) is -3.77. The molecule has 0 spiro atoms. The van der Waals surface area contributed by atoms with Crippen LogP contribution in [0, 0.1) is 0 Å². The minimum Gasteiger partial charge on any atom is -0.294 e. The highest BCUT2D eigenvalue weighted by Crippen LogP contribution is 2.32. The van der Waals surface area contributed by atoms with E-state index in [0.29, 0.717) is 6.54 Å². The average Bonchev–Trinajstić information content (AvgIpc) is 2.42. The first kappa shape index (κ1) is 18.1. The highest BCUT2D eigenvalue weighted by molar-refractivity contribution is 6.33. The van der Waals surface area contributed by atoms with Crippen molar-refractivity contribution >= 4 is 40.6 Å². The lowest BCUT2D eigenvalue weighted by molar-refractivity contribution is -0.137. The molecule has 2 heterocycles. The van der Waals surface area contributed by atoms with E-state index in [1.165, 1.54) is 5.01 Å². The molecule has 0 saturated carbocycles. The van der Waals surface area contributed by atoms with E-state index in [2.05, 4.69) is 15.4 Å². The summed E-state index contributed by atoms with van der Waals surface area (Å²) in [5, 5.41) is 1.76. The van der Waals surface area contributed by atoms with Crippen molar-refractivity contribution in [3.63, 3.8) is 0 Å². The smallest absolute Gasteiger partial charge is 0.294 e. The lowest BCUT2D eigenvalue weighted by Crippen LogP contribution is -2.34. The number of pyridine rings is 2. The number of alkyl halides is 3. The van der Waals surface area contributed by atoms with E-state index in [1.54, 1.807) is 19.2 Å². The van der Waals surface area contributed by atoms with Crippen molar-refractivity contribution in [2.45, 2.75) is 12.7 Å². The summed E-state index contributed by atoms with van der Waals surface area (Å²) in [6.45, 7) is 0.303. The molecule has 0 unspecified atom stereocenters. The Kier molecular flexibility index (Phi) is 5.57. The Labute approximate surface area is 145 Å². The molecule has 2 aromatic heterocycles. The van der Waals surface area contributed by atoms with Gasteiger partial charge in [-0.25, -0.2) is 15.4 Å². The van der Waals surface area contributed by atoms with Gasteiger partial charge in [0, 0.05) is 19.8 Å². The summed E-state index contributed by atoms with van der Waals surface area (Å²) in [6, 6.07) is 4.04. The molecule has 0 saturated heterocycles. The highest BCUT2D eigenvalue weighted by atomic mass is 35.5. The molecular formula is C13H10Cl3F3N4. The van der Waals surface area contributed by atoms with Crippen molar-refractivity contribution in [2.75, 3.05) is 12.1 Å². The van der Waals surface area contributed by atoms with Crippen LogP contribution in [0.2, 0.25) is 15.3 Å². The summed E-state index contributed by atoms with van der Waals surface area (Å²) >= 11 is 17.4. The van der Waals surface area contributed by atoms with Gasteiger partial charge in [-0.3, -0.25) is 5.01 Å². The van der Waals surface area contributed by atoms with E-state index < -0.39 is 11.7 Å². The van der Waals surface area contributed by atoms with Gasteiger partial charge in [0.25, 0.3) is 0 Å². The van der Waals surface area contributed by atoms with Crippen LogP contribution in [0.5, 0.6) is 0 Å². The second kappa shape index (κ2) is 7.09. The molecule has 0 aliphatic rings. The summed E-state index contributed by atoms with van der Waals surface area (Å²) < 4.78 is 37.8. The first-order valence-corrected chi connectivity index (χ1v) is 7.32. The summed E-state index contributed by atoms with van der Waals surface area (Å²) in [5.41, 5.74) is 2.76. The molecule has 0 fully saturated rings. The van der Waals surface area contributed by atoms with Gasteiger partial charge >= 0.3 is 6.18 Å². The maximum absolute atomic E-state index is 12.6. The number of anilines is 1. The van der Waals surface area contributed by atoms with Gasteiger partial charge in [-0.15, -0.1) is 0 Å². The predicted octanol–water partition coefficient (Wildman–Crippen LogP) is 4.60. The monoisotopic (exact) mass is 384 g/mol. The molecule has 0 radical (unpaired) electrons. The minimum atomic E-state index is -4.49. The molecule has 0 atom stereocenters. The average molecular weight is 386 g/mol. The number of hydrogen-bond donors (Lipinski definition) is 1. The van der Waals surface area contributed by atoms with Crippen molar-refractivity contribution in [2.24, 2.45) is 0 Å². The van der Waals surface area contributed by atoms with Gasteiger partial charge in [-0.1, -0.05) is 34.8 Å². The molecule has 124 valence electrons. The molecule has 23 heavy (non-hydrogen) atoms. The molecule has 0 aromatic carbocycles. The lowest BCUT2D eigenvalue weighted by atomic mass is 10.2. The van der Waals surface area contributed by atoms with Gasteiger partial charge in [-0.05, 0) is 23.8 Å². The first-order chi connectivity index (χ1) is 10.7. The van der Waals surface area contributed by atoms with Crippen LogP contribution in [-0.4, -0.2) is 17.0 Å². The number of nitrogens with zero attached hydrogens (tertiary/aromatic N) is 3. The van der Waals surface area contributed by atoms with E-state index in [0.717, 1.165) is 17.8 Å². The van der Waals surface area contributed by atoms with Crippen molar-refractivity contribution in [1.82, 2.24) is 15.4 Å². The Hall–Kier alpha value is -1.28. The number of rotatable bonds is 4. The van der Waals surface area contributed by atoms with Gasteiger partial charge < -0.3 is 0 Å². The number of nitrogens with one attached hydrogen (secondary N) is 1. The number of aromatic nitrogens is 2. The van der Waals surface area contributed by atoms with Gasteiger partial charge in [0.2, 0.25) is 0 Å². The predicted molar refractivity (Wildman–Crippen MR) is 83.7 cm³/mol. The van der Waals surface area contributed by atoms with Gasteiger partial charge in [-0.2, -0.15) is 13.2 Å². The standard InChI is InChI=1S/C13H10Cl3F3N4/c1-23(21-5-7-2-10(15)22-11(16)3-7)12-9(14)4-8(6-20-12)13(17,18)19/h2-4,6,21H,5H2,1H3. The zero-order chi connectivity index (χ0) is 17.2. The second-order valence-corrected chi connectivity index (χ2v) is 5.72. The molecule has 0 amide bonds. The highest BCUT2D eigenvalue weighted by Gasteiger charge is 2.31. The maximum Gasteiger partial charge on any atom is 0.417 e. The second-order valence-electron chi connectivity index (χ2n) is 4.54. The molecule has 4 nitrogen and oxygen atoms in total. The van der Waals surface area contributed by atoms with Crippen LogP contribution in [0.3, 0.4) is 0 Å². The third-order valence-electron chi connectivity index (χ3n) is 2.81. The fourth-order valence-electron chi connectivity index (χ4n) is 1.73. The molecule has 0 aliphatic heterocycles. The van der Waals surface area contributed by atoms with E-state index >= 15 is 0 Å². The molecule has 2 aromatic rings. The third-order valence-corrected chi connectivity index (χ3v) is 3.48. The van der Waals surface area contributed by atoms with Crippen LogP contribution in [0.25, 0.3) is 0 Å². The first-order valence-electron chi connectivity index (χ1n) is 6.19. The van der Waals surface area contributed by atoms with Crippen molar-refractivity contribution in [3.8, 4) is 0 Å². The van der Waals surface area contributed by atoms with Crippen molar-refractivity contribution < 1.29 is 13.2 Å². The molecule has 2 rings (SSSR count). The Balaban J connectivity index is 2.10. The Bertz CT molecular complexity index is 689. The molecule has 1 N–H and O–H groups in total. The molecular weight excluding hydrogens is 376 g/mol. The van der Waals surface area contributed by atoms with Crippen LogP contribution in [0.4, 0.5) is 19.0 Å². The maximum atomic E-state index is 12.6. The third kappa shape index (κ3) is 4.84. The Morgan fingerprint density at radius 2 is 1.74 bits per heavy atom. The van der Waals surface area contributed by atoms with Crippen LogP contribution in [0.15, 0.2) is 24.4 Å². The van der Waals surface area contributed by atoms with E-state index in [-0.39, 0.29) is 21.1 Å². The summed E-state index contributed by atoms with van der Waals surface area (Å²) in [5.74, 6) is 0.158. The van der Waals surface area contributed by atoms with Crippen LogP contribution in [0.1, 0.15) is 11.1 Å². The minimum absolute atomic E-state index is 0.124. The Morgan fingerprint density at radius 3 is 2.26 bits per heavy atom. The Morgan fingerprint density at radius 1 is 1.13 bits per heavy atom. The molecule has 10 heteroatoms.